The summed E-state index contributed by atoms with van der Waals surface area (Å²) >= 11 is 0. The van der Waals surface area contributed by atoms with Crippen LogP contribution < -0.4 is 31.0 Å². The molecule has 0 bridgehead atoms. The summed E-state index contributed by atoms with van der Waals surface area (Å²) in [6, 6.07) is 14.0. The number of ether oxygens (including phenoxy) is 3. The zero-order valence-corrected chi connectivity index (χ0v) is 20.8. The van der Waals surface area contributed by atoms with Gasteiger partial charge in [0.25, 0.3) is 0 Å². The number of aromatic nitrogens is 5. The molecule has 0 radical (unpaired) electrons. The van der Waals surface area contributed by atoms with Crippen molar-refractivity contribution in [2.45, 2.75) is 13.0 Å². The molecule has 39 heavy (non-hydrogen) atoms. The Labute approximate surface area is 221 Å². The van der Waals surface area contributed by atoms with Crippen LogP contribution in [0.1, 0.15) is 29.9 Å². The maximum absolute atomic E-state index is 12.8. The molecular formula is C25H23N9O5. The first-order valence-electron chi connectivity index (χ1n) is 11.4. The van der Waals surface area contributed by atoms with Gasteiger partial charge in [-0.05, 0) is 42.0 Å². The first-order chi connectivity index (χ1) is 18.8. The highest BCUT2D eigenvalue weighted by molar-refractivity contribution is 5.98. The van der Waals surface area contributed by atoms with Crippen LogP contribution in [0.5, 0.6) is 17.2 Å². The number of nitrogens with one attached hydrogen (secondary N) is 3. The number of esters is 1. The summed E-state index contributed by atoms with van der Waals surface area (Å²) in [7, 11) is 1.46. The zero-order chi connectivity index (χ0) is 27.9. The second kappa shape index (κ2) is 11.6. The standard InChI is InChI=1S/C25H23N9O5/c1-14(35)39-19-13-16(6-7-17(19)23(27)28)30-22(15-5-8-18(38-11-9-26)20(12-15)37-2)24-31-25(36)34(33-24)21-4-3-10-29-32-21/h3-8,10,12-13,22,30H,11H2,1-2H3,(H3,27,28)(H,31,33,36)/t22-/m0/s1. The molecule has 0 aliphatic carbocycles. The van der Waals surface area contributed by atoms with Gasteiger partial charge < -0.3 is 25.3 Å². The molecule has 5 N–H and O–H groups in total. The van der Waals surface area contributed by atoms with Crippen LogP contribution in [0, 0.1) is 16.7 Å². The average Bonchev–Trinajstić information content (AvgIpc) is 3.31. The van der Waals surface area contributed by atoms with E-state index in [4.69, 9.17) is 30.6 Å². The molecule has 0 aliphatic heterocycles. The predicted octanol–water partition coefficient (Wildman–Crippen LogP) is 1.67. The summed E-state index contributed by atoms with van der Waals surface area (Å²) in [5.41, 5.74) is 6.38. The Hall–Kier alpha value is -5.71. The van der Waals surface area contributed by atoms with Gasteiger partial charge in [0.2, 0.25) is 0 Å². The van der Waals surface area contributed by atoms with Gasteiger partial charge in [0.15, 0.2) is 29.7 Å². The summed E-state index contributed by atoms with van der Waals surface area (Å²) in [6.45, 7) is 1.06. The molecule has 0 spiro atoms. The third kappa shape index (κ3) is 6.00. The van der Waals surface area contributed by atoms with E-state index in [1.54, 1.807) is 36.4 Å². The van der Waals surface area contributed by atoms with Gasteiger partial charge in [0.05, 0.1) is 12.7 Å². The maximum Gasteiger partial charge on any atom is 0.349 e. The number of anilines is 1. The predicted molar refractivity (Wildman–Crippen MR) is 138 cm³/mol. The fraction of sp³-hybridized carbons (Fsp3) is 0.160. The van der Waals surface area contributed by atoms with Gasteiger partial charge in [-0.15, -0.1) is 10.2 Å². The molecule has 198 valence electrons. The summed E-state index contributed by atoms with van der Waals surface area (Å²) in [5, 5.41) is 32.1. The molecule has 1 atom stereocenters. The van der Waals surface area contributed by atoms with Gasteiger partial charge in [-0.25, -0.2) is 4.79 Å². The number of hydrogen-bond acceptors (Lipinski definition) is 11. The van der Waals surface area contributed by atoms with Crippen LogP contribution >= 0.6 is 0 Å². The van der Waals surface area contributed by atoms with E-state index in [0.29, 0.717) is 22.7 Å². The average molecular weight is 530 g/mol. The van der Waals surface area contributed by atoms with Crippen molar-refractivity contribution in [3.8, 4) is 29.1 Å². The van der Waals surface area contributed by atoms with E-state index in [0.717, 1.165) is 4.68 Å². The van der Waals surface area contributed by atoms with Crippen molar-refractivity contribution in [3.05, 3.63) is 82.2 Å². The van der Waals surface area contributed by atoms with Crippen LogP contribution in [0.4, 0.5) is 5.69 Å². The highest BCUT2D eigenvalue weighted by Gasteiger charge is 2.23. The first kappa shape index (κ1) is 26.4. The lowest BCUT2D eigenvalue weighted by Crippen LogP contribution is -2.17. The molecule has 2 aromatic heterocycles. The highest BCUT2D eigenvalue weighted by atomic mass is 16.5. The van der Waals surface area contributed by atoms with Crippen molar-refractivity contribution < 1.29 is 19.0 Å². The van der Waals surface area contributed by atoms with E-state index in [9.17, 15) is 9.59 Å². The summed E-state index contributed by atoms with van der Waals surface area (Å²) in [5.74, 6) is 0.332. The molecule has 2 aromatic carbocycles. The normalized spacial score (nSPS) is 11.2. The molecule has 0 aliphatic rings. The zero-order valence-electron chi connectivity index (χ0n) is 20.8. The first-order valence-corrected chi connectivity index (χ1v) is 11.4. The van der Waals surface area contributed by atoms with Gasteiger partial charge in [-0.1, -0.05) is 6.07 Å². The highest BCUT2D eigenvalue weighted by Crippen LogP contribution is 2.34. The number of nitrogens with two attached hydrogens (primary N) is 1. The number of nitriles is 1. The molecule has 0 saturated carbocycles. The molecule has 4 rings (SSSR count). The summed E-state index contributed by atoms with van der Waals surface area (Å²) < 4.78 is 17.2. The van der Waals surface area contributed by atoms with Crippen LogP contribution in [-0.4, -0.2) is 50.5 Å². The number of nitrogens with zero attached hydrogens (tertiary/aromatic N) is 5. The van der Waals surface area contributed by atoms with Crippen molar-refractivity contribution in [2.24, 2.45) is 5.73 Å². The Morgan fingerprint density at radius 2 is 2.05 bits per heavy atom. The van der Waals surface area contributed by atoms with Crippen molar-refractivity contribution in [2.75, 3.05) is 19.0 Å². The van der Waals surface area contributed by atoms with Crippen molar-refractivity contribution in [1.29, 1.82) is 10.7 Å². The smallest absolute Gasteiger partial charge is 0.349 e. The minimum Gasteiger partial charge on any atom is -0.493 e. The quantitative estimate of drug-likeness (QED) is 0.101. The Morgan fingerprint density at radius 3 is 2.72 bits per heavy atom. The van der Waals surface area contributed by atoms with Crippen LogP contribution in [0.25, 0.3) is 5.82 Å². The molecule has 0 saturated heterocycles. The summed E-state index contributed by atoms with van der Waals surface area (Å²) in [6.07, 6.45) is 1.47. The number of hydrogen-bond donors (Lipinski definition) is 4. The number of carbonyl (C=O) groups is 1. The third-order valence-electron chi connectivity index (χ3n) is 5.33. The lowest BCUT2D eigenvalue weighted by Gasteiger charge is -2.20. The third-order valence-corrected chi connectivity index (χ3v) is 5.33. The molecule has 2 heterocycles. The van der Waals surface area contributed by atoms with Gasteiger partial charge in [-0.2, -0.15) is 15.0 Å². The molecule has 14 heteroatoms. The topological polar surface area (TPSA) is 207 Å². The molecule has 14 nitrogen and oxygen atoms in total. The molecule has 0 unspecified atom stereocenters. The Balaban J connectivity index is 1.81. The maximum atomic E-state index is 12.8. The Bertz CT molecular complexity index is 1610. The fourth-order valence-electron chi connectivity index (χ4n) is 3.68. The van der Waals surface area contributed by atoms with E-state index in [1.807, 2.05) is 6.07 Å². The number of methoxy groups -OCH3 is 1. The number of carbonyl (C=O) groups excluding carboxylic acids is 1. The second-order valence-corrected chi connectivity index (χ2v) is 7.96. The van der Waals surface area contributed by atoms with Crippen LogP contribution in [0.15, 0.2) is 59.5 Å². The van der Waals surface area contributed by atoms with Gasteiger partial charge >= 0.3 is 11.7 Å². The van der Waals surface area contributed by atoms with E-state index >= 15 is 0 Å². The van der Waals surface area contributed by atoms with E-state index in [2.05, 4.69) is 25.6 Å². The Kier molecular flexibility index (Phi) is 7.81. The second-order valence-electron chi connectivity index (χ2n) is 7.96. The van der Waals surface area contributed by atoms with Gasteiger partial charge in [0, 0.05) is 24.9 Å². The molecule has 4 aromatic rings. The largest absolute Gasteiger partial charge is 0.493 e. The molecular weight excluding hydrogens is 506 g/mol. The van der Waals surface area contributed by atoms with Crippen molar-refractivity contribution in [3.63, 3.8) is 0 Å². The van der Waals surface area contributed by atoms with E-state index in [-0.39, 0.29) is 35.4 Å². The number of amidine groups is 1. The summed E-state index contributed by atoms with van der Waals surface area (Å²) in [4.78, 5) is 27.2. The Morgan fingerprint density at radius 1 is 1.23 bits per heavy atom. The van der Waals surface area contributed by atoms with Gasteiger partial charge in [-0.3, -0.25) is 15.2 Å². The van der Waals surface area contributed by atoms with Crippen molar-refractivity contribution in [1.82, 2.24) is 25.0 Å². The minimum atomic E-state index is -0.775. The number of benzene rings is 2. The lowest BCUT2D eigenvalue weighted by atomic mass is 10.0. The molecule has 0 amide bonds. The van der Waals surface area contributed by atoms with Crippen molar-refractivity contribution >= 4 is 17.5 Å². The van der Waals surface area contributed by atoms with Gasteiger partial charge in [0.1, 0.15) is 23.7 Å². The number of rotatable bonds is 10. The van der Waals surface area contributed by atoms with Crippen LogP contribution in [0.3, 0.4) is 0 Å². The molecule has 0 fully saturated rings. The number of H-pyrrole nitrogens is 1. The van der Waals surface area contributed by atoms with E-state index in [1.165, 1.54) is 32.4 Å². The van der Waals surface area contributed by atoms with E-state index < -0.39 is 17.7 Å². The van der Waals surface area contributed by atoms with Crippen LogP contribution in [0.2, 0.25) is 0 Å². The number of nitrogen functional groups attached to an aromatic ring is 1. The van der Waals surface area contributed by atoms with Crippen LogP contribution in [-0.2, 0) is 4.79 Å². The fourth-order valence-corrected chi connectivity index (χ4v) is 3.68. The lowest BCUT2D eigenvalue weighted by molar-refractivity contribution is -0.131. The number of aromatic amines is 1. The SMILES string of the molecule is COc1cc([C@H](Nc2ccc(C(=N)N)c(OC(C)=O)c2)c2nn(-c3cccnn3)c(=O)[nH]2)ccc1OCC#N. The minimum absolute atomic E-state index is 0.0789. The monoisotopic (exact) mass is 529 g/mol.